The Labute approximate surface area is 179 Å². The quantitative estimate of drug-likeness (QED) is 0.400. The van der Waals surface area contributed by atoms with Crippen molar-refractivity contribution >= 4 is 17.7 Å². The zero-order chi connectivity index (χ0) is 22.4. The Morgan fingerprint density at radius 1 is 0.933 bits per heavy atom. The van der Waals surface area contributed by atoms with E-state index in [1.807, 2.05) is 20.8 Å². The molecule has 1 atom stereocenters. The van der Waals surface area contributed by atoms with Gasteiger partial charge in [0, 0.05) is 44.3 Å². The van der Waals surface area contributed by atoms with Gasteiger partial charge < -0.3 is 25.4 Å². The summed E-state index contributed by atoms with van der Waals surface area (Å²) in [6.07, 6.45) is 2.42. The molecular formula is C22H35N3O5. The normalized spacial score (nSPS) is 11.5. The molecule has 1 unspecified atom stereocenters. The molecule has 3 N–H and O–H groups in total. The van der Waals surface area contributed by atoms with Crippen LogP contribution in [0.2, 0.25) is 0 Å². The van der Waals surface area contributed by atoms with E-state index in [1.165, 1.54) is 0 Å². The number of benzene rings is 1. The Morgan fingerprint density at radius 2 is 1.50 bits per heavy atom. The van der Waals surface area contributed by atoms with Crippen LogP contribution in [0.5, 0.6) is 5.75 Å². The van der Waals surface area contributed by atoms with Gasteiger partial charge >= 0.3 is 0 Å². The number of nitrogens with one attached hydrogen (secondary N) is 3. The first-order valence-electron chi connectivity index (χ1n) is 10.5. The summed E-state index contributed by atoms with van der Waals surface area (Å²) >= 11 is 0. The van der Waals surface area contributed by atoms with Gasteiger partial charge in [-0.25, -0.2) is 0 Å². The van der Waals surface area contributed by atoms with E-state index in [4.69, 9.17) is 9.47 Å². The van der Waals surface area contributed by atoms with E-state index in [2.05, 4.69) is 16.0 Å². The zero-order valence-electron chi connectivity index (χ0n) is 18.5. The molecule has 0 saturated carbocycles. The van der Waals surface area contributed by atoms with Crippen LogP contribution in [0, 0.1) is 0 Å². The molecular weight excluding hydrogens is 386 g/mol. The van der Waals surface area contributed by atoms with Gasteiger partial charge in [0.1, 0.15) is 5.75 Å². The molecule has 1 rings (SSSR count). The fraction of sp³-hybridized carbons (Fsp3) is 0.591. The SMILES string of the molecule is CCCNC(=O)c1cc(OCCCC(=O)NCC(C)OC)cc(C(=O)NCCC)c1. The highest BCUT2D eigenvalue weighted by Crippen LogP contribution is 2.18. The summed E-state index contributed by atoms with van der Waals surface area (Å²) in [4.78, 5) is 36.5. The maximum absolute atomic E-state index is 12.4. The number of carbonyl (C=O) groups excluding carboxylic acids is 3. The lowest BCUT2D eigenvalue weighted by atomic mass is 10.1. The van der Waals surface area contributed by atoms with Gasteiger partial charge in [0.25, 0.3) is 11.8 Å². The van der Waals surface area contributed by atoms with E-state index in [1.54, 1.807) is 25.3 Å². The number of ether oxygens (including phenoxy) is 2. The third kappa shape index (κ3) is 9.73. The van der Waals surface area contributed by atoms with Crippen LogP contribution in [-0.4, -0.2) is 57.2 Å². The van der Waals surface area contributed by atoms with E-state index in [0.29, 0.717) is 56.0 Å². The Hall–Kier alpha value is -2.61. The first-order valence-corrected chi connectivity index (χ1v) is 10.5. The van der Waals surface area contributed by atoms with Crippen LogP contribution in [0.15, 0.2) is 18.2 Å². The highest BCUT2D eigenvalue weighted by molar-refractivity contribution is 6.00. The van der Waals surface area contributed by atoms with Crippen molar-refractivity contribution in [3.05, 3.63) is 29.3 Å². The van der Waals surface area contributed by atoms with Crippen molar-refractivity contribution in [2.45, 2.75) is 52.6 Å². The lowest BCUT2D eigenvalue weighted by Crippen LogP contribution is -2.31. The number of carbonyl (C=O) groups is 3. The molecule has 0 fully saturated rings. The van der Waals surface area contributed by atoms with Crippen molar-refractivity contribution in [1.29, 1.82) is 0 Å². The smallest absolute Gasteiger partial charge is 0.251 e. The average Bonchev–Trinajstić information content (AvgIpc) is 2.76. The van der Waals surface area contributed by atoms with Crippen molar-refractivity contribution in [3.8, 4) is 5.75 Å². The van der Waals surface area contributed by atoms with Gasteiger partial charge in [-0.15, -0.1) is 0 Å². The Balaban J connectivity index is 2.71. The minimum atomic E-state index is -0.251. The van der Waals surface area contributed by atoms with Crippen LogP contribution in [0.25, 0.3) is 0 Å². The second-order valence-corrected chi connectivity index (χ2v) is 7.06. The third-order valence-corrected chi connectivity index (χ3v) is 4.31. The summed E-state index contributed by atoms with van der Waals surface area (Å²) in [6, 6.07) is 4.79. The molecule has 0 aliphatic rings. The van der Waals surface area contributed by atoms with Crippen molar-refractivity contribution in [2.24, 2.45) is 0 Å². The van der Waals surface area contributed by atoms with E-state index in [9.17, 15) is 14.4 Å². The summed E-state index contributed by atoms with van der Waals surface area (Å²) in [7, 11) is 1.60. The molecule has 3 amide bonds. The average molecular weight is 422 g/mol. The molecule has 30 heavy (non-hydrogen) atoms. The number of hydrogen-bond donors (Lipinski definition) is 3. The van der Waals surface area contributed by atoms with Crippen molar-refractivity contribution in [2.75, 3.05) is 33.4 Å². The summed E-state index contributed by atoms with van der Waals surface area (Å²) < 4.78 is 10.8. The van der Waals surface area contributed by atoms with Crippen LogP contribution < -0.4 is 20.7 Å². The predicted molar refractivity (Wildman–Crippen MR) is 116 cm³/mol. The van der Waals surface area contributed by atoms with E-state index in [-0.39, 0.29) is 23.8 Å². The van der Waals surface area contributed by atoms with Crippen LogP contribution in [0.3, 0.4) is 0 Å². The number of rotatable bonds is 14. The monoisotopic (exact) mass is 421 g/mol. The van der Waals surface area contributed by atoms with Gasteiger partial charge in [-0.1, -0.05) is 13.8 Å². The van der Waals surface area contributed by atoms with Gasteiger partial charge in [0.2, 0.25) is 5.91 Å². The molecule has 0 heterocycles. The Morgan fingerprint density at radius 3 is 2.00 bits per heavy atom. The Bertz CT molecular complexity index is 655. The molecule has 0 aliphatic carbocycles. The van der Waals surface area contributed by atoms with Gasteiger partial charge in [-0.2, -0.15) is 0 Å². The first-order chi connectivity index (χ1) is 14.4. The highest BCUT2D eigenvalue weighted by atomic mass is 16.5. The number of hydrogen-bond acceptors (Lipinski definition) is 5. The molecule has 8 nitrogen and oxygen atoms in total. The van der Waals surface area contributed by atoms with Crippen LogP contribution in [0.4, 0.5) is 0 Å². The largest absolute Gasteiger partial charge is 0.494 e. The molecule has 0 aliphatic heterocycles. The molecule has 0 spiro atoms. The summed E-state index contributed by atoms with van der Waals surface area (Å²) in [5.74, 6) is -0.152. The topological polar surface area (TPSA) is 106 Å². The number of methoxy groups -OCH3 is 1. The summed E-state index contributed by atoms with van der Waals surface area (Å²) in [5.41, 5.74) is 0.739. The Kier molecular flexibility index (Phi) is 12.2. The van der Waals surface area contributed by atoms with Crippen molar-refractivity contribution in [1.82, 2.24) is 16.0 Å². The maximum Gasteiger partial charge on any atom is 0.251 e. The highest BCUT2D eigenvalue weighted by Gasteiger charge is 2.14. The second kappa shape index (κ2) is 14.4. The summed E-state index contributed by atoms with van der Waals surface area (Å²) in [6.45, 7) is 7.67. The van der Waals surface area contributed by atoms with Crippen LogP contribution in [-0.2, 0) is 9.53 Å². The van der Waals surface area contributed by atoms with Crippen LogP contribution in [0.1, 0.15) is 67.2 Å². The molecule has 1 aromatic rings. The summed E-state index contributed by atoms with van der Waals surface area (Å²) in [5, 5.41) is 8.41. The first kappa shape index (κ1) is 25.4. The molecule has 8 heteroatoms. The predicted octanol–water partition coefficient (Wildman–Crippen LogP) is 2.28. The van der Waals surface area contributed by atoms with E-state index >= 15 is 0 Å². The minimum absolute atomic E-state index is 0.0379. The standard InChI is InChI=1S/C22H35N3O5/c1-5-9-23-21(27)17-12-18(22(28)24-10-6-2)14-19(13-17)30-11-7-8-20(26)25-15-16(3)29-4/h12-14,16H,5-11,15H2,1-4H3,(H,23,27)(H,24,28)(H,25,26). The zero-order valence-corrected chi connectivity index (χ0v) is 18.5. The molecule has 0 radical (unpaired) electrons. The lowest BCUT2D eigenvalue weighted by Gasteiger charge is -2.12. The van der Waals surface area contributed by atoms with E-state index < -0.39 is 0 Å². The maximum atomic E-state index is 12.4. The van der Waals surface area contributed by atoms with Gasteiger partial charge in [-0.3, -0.25) is 14.4 Å². The molecule has 0 bridgehead atoms. The molecule has 0 saturated heterocycles. The molecule has 0 aromatic heterocycles. The number of amides is 3. The van der Waals surface area contributed by atoms with Gasteiger partial charge in [0.15, 0.2) is 0 Å². The van der Waals surface area contributed by atoms with E-state index in [0.717, 1.165) is 12.8 Å². The van der Waals surface area contributed by atoms with Crippen molar-refractivity contribution in [3.63, 3.8) is 0 Å². The minimum Gasteiger partial charge on any atom is -0.494 e. The fourth-order valence-electron chi connectivity index (χ4n) is 2.48. The molecule has 1 aromatic carbocycles. The second-order valence-electron chi connectivity index (χ2n) is 7.06. The molecule has 168 valence electrons. The lowest BCUT2D eigenvalue weighted by molar-refractivity contribution is -0.121. The van der Waals surface area contributed by atoms with Gasteiger partial charge in [0.05, 0.1) is 12.7 Å². The van der Waals surface area contributed by atoms with Crippen molar-refractivity contribution < 1.29 is 23.9 Å². The van der Waals surface area contributed by atoms with Gasteiger partial charge in [-0.05, 0) is 44.4 Å². The van der Waals surface area contributed by atoms with Crippen LogP contribution >= 0.6 is 0 Å². The fourth-order valence-corrected chi connectivity index (χ4v) is 2.48. The third-order valence-electron chi connectivity index (χ3n) is 4.31.